The van der Waals surface area contributed by atoms with Gasteiger partial charge in [0.15, 0.2) is 0 Å². The molecular weight excluding hydrogens is 240 g/mol. The summed E-state index contributed by atoms with van der Waals surface area (Å²) < 4.78 is 0. The Balaban J connectivity index is 2.92. The Hall–Kier alpha value is -0.260. The summed E-state index contributed by atoms with van der Waals surface area (Å²) in [4.78, 5) is 0. The molecule has 0 saturated carbocycles. The predicted octanol–water partition coefficient (Wildman–Crippen LogP) is 7.82. The maximum atomic E-state index is 2.29. The highest BCUT2D eigenvalue weighted by molar-refractivity contribution is 4.76. The minimum absolute atomic E-state index is 1.29. The lowest BCUT2D eigenvalue weighted by molar-refractivity contribution is 0.533. The minimum Gasteiger partial charge on any atom is -0.0917 e. The van der Waals surface area contributed by atoms with Crippen LogP contribution >= 0.6 is 0 Å². The van der Waals surface area contributed by atoms with Crippen LogP contribution in [-0.4, -0.2) is 0 Å². The largest absolute Gasteiger partial charge is 0.0917 e. The van der Waals surface area contributed by atoms with Crippen molar-refractivity contribution in [1.29, 1.82) is 0 Å². The first kappa shape index (κ1) is 19.7. The van der Waals surface area contributed by atoms with Crippen LogP contribution in [0.1, 0.15) is 117 Å². The Bertz CT molecular complexity index is 180. The summed E-state index contributed by atoms with van der Waals surface area (Å²) in [6.45, 7) is 4.41. The fourth-order valence-corrected chi connectivity index (χ4v) is 2.80. The normalized spacial score (nSPS) is 11.5. The van der Waals surface area contributed by atoms with Crippen molar-refractivity contribution in [3.05, 3.63) is 12.2 Å². The zero-order valence-corrected chi connectivity index (χ0v) is 14.5. The second-order valence-corrected chi connectivity index (χ2v) is 6.31. The van der Waals surface area contributed by atoms with Crippen LogP contribution in [0.25, 0.3) is 0 Å². The van der Waals surface area contributed by atoms with Gasteiger partial charge in [-0.1, -0.05) is 109 Å². The summed E-state index contributed by atoms with van der Waals surface area (Å²) in [6, 6.07) is 0. The number of allylic oxidation sites excluding steroid dienone is 2. The average molecular weight is 281 g/mol. The van der Waals surface area contributed by atoms with E-state index in [1.165, 1.54) is 103 Å². The van der Waals surface area contributed by atoms with E-state index in [0.29, 0.717) is 0 Å². The van der Waals surface area contributed by atoms with Crippen molar-refractivity contribution in [3.63, 3.8) is 0 Å². The van der Waals surface area contributed by atoms with Crippen LogP contribution in [0.2, 0.25) is 0 Å². The molecule has 0 saturated heterocycles. The maximum absolute atomic E-state index is 2.29. The van der Waals surface area contributed by atoms with Crippen molar-refractivity contribution < 1.29 is 0 Å². The molecule has 0 N–H and O–H groups in total. The first-order valence-electron chi connectivity index (χ1n) is 9.53. The van der Waals surface area contributed by atoms with E-state index in [0.717, 1.165) is 0 Å². The van der Waals surface area contributed by atoms with E-state index < -0.39 is 0 Å². The average Bonchev–Trinajstić information content (AvgIpc) is 2.47. The summed E-state index contributed by atoms with van der Waals surface area (Å²) in [5.41, 5.74) is 0. The molecule has 0 aromatic rings. The van der Waals surface area contributed by atoms with Crippen LogP contribution in [0.15, 0.2) is 12.2 Å². The molecule has 0 aromatic heterocycles. The Kier molecular flexibility index (Phi) is 18.5. The van der Waals surface area contributed by atoms with Crippen molar-refractivity contribution in [2.75, 3.05) is 0 Å². The van der Waals surface area contributed by atoms with Gasteiger partial charge in [0.05, 0.1) is 0 Å². The topological polar surface area (TPSA) is 0 Å². The van der Waals surface area contributed by atoms with Gasteiger partial charge in [0.1, 0.15) is 0 Å². The van der Waals surface area contributed by atoms with Crippen molar-refractivity contribution in [1.82, 2.24) is 0 Å². The van der Waals surface area contributed by atoms with Crippen LogP contribution in [-0.2, 0) is 0 Å². The molecule has 0 aliphatic rings. The molecule has 0 spiro atoms. The molecule has 120 valence electrons. The van der Waals surface area contributed by atoms with Crippen molar-refractivity contribution >= 4 is 0 Å². The monoisotopic (exact) mass is 280 g/mol. The number of rotatable bonds is 16. The fraction of sp³-hybridized carbons (Fsp3) is 0.900. The van der Waals surface area contributed by atoms with E-state index in [2.05, 4.69) is 26.0 Å². The molecule has 0 aliphatic heterocycles. The fourth-order valence-electron chi connectivity index (χ4n) is 2.80. The Morgan fingerprint density at radius 3 is 1.20 bits per heavy atom. The van der Waals surface area contributed by atoms with E-state index in [1.54, 1.807) is 0 Å². The van der Waals surface area contributed by atoms with E-state index in [-0.39, 0.29) is 0 Å². The summed E-state index contributed by atoms with van der Waals surface area (Å²) in [5, 5.41) is 0. The van der Waals surface area contributed by atoms with Gasteiger partial charge in [0, 0.05) is 0 Å². The van der Waals surface area contributed by atoms with E-state index in [9.17, 15) is 0 Å². The van der Waals surface area contributed by atoms with Gasteiger partial charge in [-0.05, 0) is 19.8 Å². The summed E-state index contributed by atoms with van der Waals surface area (Å²) in [6.07, 6.45) is 27.6. The molecule has 0 aromatic carbocycles. The van der Waals surface area contributed by atoms with E-state index >= 15 is 0 Å². The minimum atomic E-state index is 1.29. The van der Waals surface area contributed by atoms with Gasteiger partial charge in [-0.2, -0.15) is 0 Å². The molecule has 0 fully saturated rings. The molecule has 0 atom stereocenters. The zero-order chi connectivity index (χ0) is 14.7. The molecule has 0 bridgehead atoms. The Labute approximate surface area is 129 Å². The third kappa shape index (κ3) is 17.7. The second kappa shape index (κ2) is 18.7. The molecular formula is C20H40. The smallest absolute Gasteiger partial charge is 0.0351 e. The third-order valence-corrected chi connectivity index (χ3v) is 4.21. The van der Waals surface area contributed by atoms with Gasteiger partial charge < -0.3 is 0 Å². The molecule has 0 amide bonds. The highest BCUT2D eigenvalue weighted by Crippen LogP contribution is 2.13. The van der Waals surface area contributed by atoms with Gasteiger partial charge in [-0.15, -0.1) is 0 Å². The number of hydrogen-bond donors (Lipinski definition) is 0. The third-order valence-electron chi connectivity index (χ3n) is 4.21. The molecule has 0 radical (unpaired) electrons. The highest BCUT2D eigenvalue weighted by Gasteiger charge is 1.93. The first-order chi connectivity index (χ1) is 9.91. The second-order valence-electron chi connectivity index (χ2n) is 6.31. The lowest BCUT2D eigenvalue weighted by Gasteiger charge is -2.03. The van der Waals surface area contributed by atoms with E-state index in [1.807, 2.05) is 0 Å². The zero-order valence-electron chi connectivity index (χ0n) is 14.5. The maximum Gasteiger partial charge on any atom is -0.0351 e. The number of hydrogen-bond acceptors (Lipinski definition) is 0. The van der Waals surface area contributed by atoms with Gasteiger partial charge in [-0.3, -0.25) is 0 Å². The molecule has 0 heterocycles. The van der Waals surface area contributed by atoms with E-state index in [4.69, 9.17) is 0 Å². The predicted molar refractivity (Wildman–Crippen MR) is 94.4 cm³/mol. The first-order valence-corrected chi connectivity index (χ1v) is 9.53. The van der Waals surface area contributed by atoms with Gasteiger partial charge in [-0.25, -0.2) is 0 Å². The summed E-state index contributed by atoms with van der Waals surface area (Å²) in [7, 11) is 0. The van der Waals surface area contributed by atoms with Gasteiger partial charge in [0.25, 0.3) is 0 Å². The van der Waals surface area contributed by atoms with Gasteiger partial charge in [0.2, 0.25) is 0 Å². The van der Waals surface area contributed by atoms with Crippen molar-refractivity contribution in [2.45, 2.75) is 117 Å². The van der Waals surface area contributed by atoms with Crippen LogP contribution < -0.4 is 0 Å². The SMILES string of the molecule is C/C=C\CCCCCCCCCCCCCCCCC. The van der Waals surface area contributed by atoms with Crippen LogP contribution in [0.5, 0.6) is 0 Å². The standard InChI is InChI=1S/C20H40/c1-3-5-7-9-11-13-15-17-19-20-18-16-14-12-10-8-6-4-2/h3,5H,4,6-20H2,1-2H3/b5-3-. The molecule has 20 heavy (non-hydrogen) atoms. The van der Waals surface area contributed by atoms with Crippen LogP contribution in [0.3, 0.4) is 0 Å². The van der Waals surface area contributed by atoms with Crippen molar-refractivity contribution in [3.8, 4) is 0 Å². The van der Waals surface area contributed by atoms with Crippen LogP contribution in [0.4, 0.5) is 0 Å². The van der Waals surface area contributed by atoms with Crippen LogP contribution in [0, 0.1) is 0 Å². The highest BCUT2D eigenvalue weighted by atomic mass is 14.0. The van der Waals surface area contributed by atoms with Crippen molar-refractivity contribution in [2.24, 2.45) is 0 Å². The Morgan fingerprint density at radius 2 is 0.850 bits per heavy atom. The summed E-state index contributed by atoms with van der Waals surface area (Å²) in [5.74, 6) is 0. The lowest BCUT2D eigenvalue weighted by atomic mass is 10.0. The van der Waals surface area contributed by atoms with Gasteiger partial charge >= 0.3 is 0 Å². The molecule has 0 rings (SSSR count). The number of unbranched alkanes of at least 4 members (excludes halogenated alkanes) is 15. The molecule has 0 aliphatic carbocycles. The summed E-state index contributed by atoms with van der Waals surface area (Å²) >= 11 is 0. The quantitative estimate of drug-likeness (QED) is 0.200. The Morgan fingerprint density at radius 1 is 0.500 bits per heavy atom. The lowest BCUT2D eigenvalue weighted by Crippen LogP contribution is -1.83. The molecule has 0 nitrogen and oxygen atoms in total. The molecule has 0 unspecified atom stereocenters. The molecule has 0 heteroatoms.